The molecule has 0 aliphatic heterocycles. The van der Waals surface area contributed by atoms with Crippen molar-refractivity contribution in [3.63, 3.8) is 0 Å². The molecule has 0 atom stereocenters. The Kier molecular flexibility index (Phi) is 6.22. The largest absolute Gasteiger partial charge is 0.496 e. The zero-order valence-corrected chi connectivity index (χ0v) is 13.3. The summed E-state index contributed by atoms with van der Waals surface area (Å²) in [6.07, 6.45) is 2.65. The fraction of sp³-hybridized carbons (Fsp3) is 0.111. The van der Waals surface area contributed by atoms with Gasteiger partial charge in [-0.1, -0.05) is 18.2 Å². The van der Waals surface area contributed by atoms with E-state index in [0.29, 0.717) is 11.3 Å². The van der Waals surface area contributed by atoms with Gasteiger partial charge in [-0.2, -0.15) is 0 Å². The first-order chi connectivity index (χ1) is 12.0. The van der Waals surface area contributed by atoms with Crippen LogP contribution in [0.2, 0.25) is 0 Å². The Hall–Kier alpha value is -3.22. The van der Waals surface area contributed by atoms with Crippen LogP contribution in [0.4, 0.5) is 14.5 Å². The number of ether oxygens (including phenoxy) is 2. The predicted octanol–water partition coefficient (Wildman–Crippen LogP) is 3.17. The van der Waals surface area contributed by atoms with Gasteiger partial charge in [0.25, 0.3) is 5.91 Å². The Balaban J connectivity index is 1.85. The number of amides is 1. The molecule has 1 amide bonds. The third kappa shape index (κ3) is 5.42. The molecule has 7 heteroatoms. The number of esters is 1. The lowest BCUT2D eigenvalue weighted by Crippen LogP contribution is -2.20. The van der Waals surface area contributed by atoms with Gasteiger partial charge >= 0.3 is 5.97 Å². The maximum atomic E-state index is 13.0. The van der Waals surface area contributed by atoms with Crippen molar-refractivity contribution < 1.29 is 27.8 Å². The highest BCUT2D eigenvalue weighted by Crippen LogP contribution is 2.18. The first-order valence-corrected chi connectivity index (χ1v) is 7.22. The minimum Gasteiger partial charge on any atom is -0.496 e. The SMILES string of the molecule is COc1ccccc1/C=C/C(=O)OCC(=O)Nc1ccc(F)c(F)c1. The van der Waals surface area contributed by atoms with E-state index < -0.39 is 30.1 Å². The van der Waals surface area contributed by atoms with Gasteiger partial charge in [0, 0.05) is 23.4 Å². The Morgan fingerprint density at radius 2 is 1.88 bits per heavy atom. The molecular weight excluding hydrogens is 332 g/mol. The van der Waals surface area contributed by atoms with Crippen LogP contribution in [0.25, 0.3) is 6.08 Å². The topological polar surface area (TPSA) is 64.6 Å². The van der Waals surface area contributed by atoms with Crippen LogP contribution in [0.1, 0.15) is 5.56 Å². The Bertz CT molecular complexity index is 805. The summed E-state index contributed by atoms with van der Waals surface area (Å²) in [5.74, 6) is -2.93. The van der Waals surface area contributed by atoms with Gasteiger partial charge in [0.05, 0.1) is 7.11 Å². The van der Waals surface area contributed by atoms with E-state index in [1.54, 1.807) is 24.3 Å². The second-order valence-corrected chi connectivity index (χ2v) is 4.86. The Labute approximate surface area is 142 Å². The summed E-state index contributed by atoms with van der Waals surface area (Å²) in [5.41, 5.74) is 0.734. The van der Waals surface area contributed by atoms with Gasteiger partial charge in [-0.15, -0.1) is 0 Å². The molecule has 0 unspecified atom stereocenters. The number of benzene rings is 2. The van der Waals surface area contributed by atoms with Crippen LogP contribution in [-0.2, 0) is 14.3 Å². The van der Waals surface area contributed by atoms with Crippen molar-refractivity contribution >= 4 is 23.6 Å². The summed E-state index contributed by atoms with van der Waals surface area (Å²) in [6, 6.07) is 9.96. The molecule has 0 saturated heterocycles. The van der Waals surface area contributed by atoms with Crippen molar-refractivity contribution in [3.05, 3.63) is 65.7 Å². The minimum atomic E-state index is -1.09. The van der Waals surface area contributed by atoms with Crippen LogP contribution in [0.15, 0.2) is 48.5 Å². The van der Waals surface area contributed by atoms with Gasteiger partial charge in [-0.3, -0.25) is 4.79 Å². The molecule has 1 N–H and O–H groups in total. The van der Waals surface area contributed by atoms with Crippen LogP contribution >= 0.6 is 0 Å². The lowest BCUT2D eigenvalue weighted by atomic mass is 10.2. The highest BCUT2D eigenvalue weighted by Gasteiger charge is 2.08. The molecule has 0 aliphatic rings. The molecule has 0 saturated carbocycles. The second kappa shape index (κ2) is 8.58. The van der Waals surface area contributed by atoms with E-state index in [4.69, 9.17) is 9.47 Å². The molecule has 0 aliphatic carbocycles. The fourth-order valence-corrected chi connectivity index (χ4v) is 1.92. The molecule has 2 aromatic rings. The van der Waals surface area contributed by atoms with Gasteiger partial charge in [0.15, 0.2) is 18.2 Å². The second-order valence-electron chi connectivity index (χ2n) is 4.86. The van der Waals surface area contributed by atoms with Crippen LogP contribution in [0, 0.1) is 11.6 Å². The number of nitrogens with one attached hydrogen (secondary N) is 1. The van der Waals surface area contributed by atoms with Crippen LogP contribution in [-0.4, -0.2) is 25.6 Å². The highest BCUT2D eigenvalue weighted by atomic mass is 19.2. The van der Waals surface area contributed by atoms with Crippen molar-refractivity contribution in [2.75, 3.05) is 19.0 Å². The number of carbonyl (C=O) groups is 2. The number of para-hydroxylation sites is 1. The van der Waals surface area contributed by atoms with Crippen molar-refractivity contribution in [1.29, 1.82) is 0 Å². The van der Waals surface area contributed by atoms with E-state index in [-0.39, 0.29) is 5.69 Å². The van der Waals surface area contributed by atoms with E-state index in [1.807, 2.05) is 0 Å². The van der Waals surface area contributed by atoms with Crippen LogP contribution < -0.4 is 10.1 Å². The normalized spacial score (nSPS) is 10.5. The first-order valence-electron chi connectivity index (χ1n) is 7.22. The van der Waals surface area contributed by atoms with Gasteiger partial charge in [-0.25, -0.2) is 13.6 Å². The van der Waals surface area contributed by atoms with E-state index in [2.05, 4.69) is 5.32 Å². The zero-order valence-electron chi connectivity index (χ0n) is 13.3. The molecule has 2 rings (SSSR count). The number of hydrogen-bond acceptors (Lipinski definition) is 4. The van der Waals surface area contributed by atoms with Crippen molar-refractivity contribution in [1.82, 2.24) is 0 Å². The molecule has 0 aromatic heterocycles. The molecule has 0 spiro atoms. The van der Waals surface area contributed by atoms with Crippen molar-refractivity contribution in [3.8, 4) is 5.75 Å². The summed E-state index contributed by atoms with van der Waals surface area (Å²) >= 11 is 0. The number of anilines is 1. The van der Waals surface area contributed by atoms with Gasteiger partial charge < -0.3 is 14.8 Å². The Morgan fingerprint density at radius 1 is 1.12 bits per heavy atom. The minimum absolute atomic E-state index is 0.0597. The number of rotatable bonds is 6. The Morgan fingerprint density at radius 3 is 2.60 bits per heavy atom. The average molecular weight is 347 g/mol. The summed E-state index contributed by atoms with van der Waals surface area (Å²) in [5, 5.41) is 2.29. The maximum absolute atomic E-state index is 13.0. The number of carbonyl (C=O) groups excluding carboxylic acids is 2. The summed E-state index contributed by atoms with van der Waals surface area (Å²) in [4.78, 5) is 23.3. The van der Waals surface area contributed by atoms with E-state index >= 15 is 0 Å². The van der Waals surface area contributed by atoms with Crippen LogP contribution in [0.3, 0.4) is 0 Å². The molecular formula is C18H15F2NO4. The van der Waals surface area contributed by atoms with Gasteiger partial charge in [0.1, 0.15) is 5.75 Å². The quantitative estimate of drug-likeness (QED) is 0.644. The predicted molar refractivity (Wildman–Crippen MR) is 88.0 cm³/mol. The molecule has 0 bridgehead atoms. The molecule has 5 nitrogen and oxygen atoms in total. The molecule has 25 heavy (non-hydrogen) atoms. The summed E-state index contributed by atoms with van der Waals surface area (Å²) in [7, 11) is 1.51. The lowest BCUT2D eigenvalue weighted by molar-refractivity contribution is -0.142. The average Bonchev–Trinajstić information content (AvgIpc) is 2.61. The summed E-state index contributed by atoms with van der Waals surface area (Å²) in [6.45, 7) is -0.561. The summed E-state index contributed by atoms with van der Waals surface area (Å²) < 4.78 is 35.7. The number of halogens is 2. The van der Waals surface area contributed by atoms with Crippen molar-refractivity contribution in [2.45, 2.75) is 0 Å². The highest BCUT2D eigenvalue weighted by molar-refractivity contribution is 5.94. The van der Waals surface area contributed by atoms with Crippen LogP contribution in [0.5, 0.6) is 5.75 Å². The molecule has 2 aromatic carbocycles. The smallest absolute Gasteiger partial charge is 0.331 e. The molecule has 0 fully saturated rings. The van der Waals surface area contributed by atoms with Crippen molar-refractivity contribution in [2.24, 2.45) is 0 Å². The zero-order chi connectivity index (χ0) is 18.2. The third-order valence-corrected chi connectivity index (χ3v) is 3.09. The molecule has 130 valence electrons. The fourth-order valence-electron chi connectivity index (χ4n) is 1.92. The number of hydrogen-bond donors (Lipinski definition) is 1. The van der Waals surface area contributed by atoms with E-state index in [0.717, 1.165) is 18.2 Å². The lowest BCUT2D eigenvalue weighted by Gasteiger charge is -2.06. The first kappa shape index (κ1) is 18.1. The maximum Gasteiger partial charge on any atom is 0.331 e. The number of methoxy groups -OCH3 is 1. The third-order valence-electron chi connectivity index (χ3n) is 3.09. The van der Waals surface area contributed by atoms with E-state index in [9.17, 15) is 18.4 Å². The molecule has 0 radical (unpaired) electrons. The molecule has 0 heterocycles. The standard InChI is InChI=1S/C18H15F2NO4/c1-24-16-5-3-2-4-12(16)6-9-18(23)25-11-17(22)21-13-7-8-14(19)15(20)10-13/h2-10H,11H2,1H3,(H,21,22)/b9-6+. The monoisotopic (exact) mass is 347 g/mol. The van der Waals surface area contributed by atoms with Gasteiger partial charge in [-0.05, 0) is 24.3 Å². The van der Waals surface area contributed by atoms with E-state index in [1.165, 1.54) is 19.3 Å². The van der Waals surface area contributed by atoms with Gasteiger partial charge in [0.2, 0.25) is 0 Å².